The molecule has 3 fully saturated rings. The van der Waals surface area contributed by atoms with Gasteiger partial charge in [-0.1, -0.05) is 0 Å². The van der Waals surface area contributed by atoms with E-state index in [9.17, 15) is 22.8 Å². The fourth-order valence-electron chi connectivity index (χ4n) is 3.53. The van der Waals surface area contributed by atoms with Crippen molar-refractivity contribution in [2.75, 3.05) is 32.8 Å². The van der Waals surface area contributed by atoms with Crippen LogP contribution in [0.3, 0.4) is 0 Å². The lowest BCUT2D eigenvalue weighted by molar-refractivity contribution is -0.129. The predicted molar refractivity (Wildman–Crippen MR) is 92.3 cm³/mol. The molecule has 27 heavy (non-hydrogen) atoms. The maximum Gasteiger partial charge on any atom is 0.417 e. The smallest absolute Gasteiger partial charge is 0.417 e. The molecule has 3 aliphatic rings. The number of sulfonamides is 1. The zero-order valence-electron chi connectivity index (χ0n) is 14.5. The van der Waals surface area contributed by atoms with E-state index in [0.29, 0.717) is 18.7 Å². The molecule has 144 valence electrons. The summed E-state index contributed by atoms with van der Waals surface area (Å²) in [6.45, 7) is 1.28. The number of rotatable bonds is 4. The number of benzene rings is 1. The first-order valence-corrected chi connectivity index (χ1v) is 10.2. The second kappa shape index (κ2) is 6.61. The van der Waals surface area contributed by atoms with Gasteiger partial charge in [0, 0.05) is 31.7 Å². The normalized spacial score (nSPS) is 21.5. The molecule has 0 unspecified atom stereocenters. The van der Waals surface area contributed by atoms with E-state index >= 15 is 0 Å². The van der Waals surface area contributed by atoms with Crippen LogP contribution in [0.1, 0.15) is 23.2 Å². The molecule has 0 spiro atoms. The molecule has 3 amide bonds. The van der Waals surface area contributed by atoms with Crippen molar-refractivity contribution < 1.29 is 27.5 Å². The largest absolute Gasteiger partial charge is 0.439 e. The average Bonchev–Trinajstić information content (AvgIpc) is 3.26. The van der Waals surface area contributed by atoms with Gasteiger partial charge in [-0.2, -0.15) is 4.31 Å². The number of carbonyl (C=O) groups excluding carboxylic acids is 3. The van der Waals surface area contributed by atoms with E-state index in [1.165, 1.54) is 33.5 Å². The van der Waals surface area contributed by atoms with Crippen LogP contribution in [-0.2, 0) is 19.6 Å². The number of amides is 3. The first-order valence-electron chi connectivity index (χ1n) is 8.76. The predicted octanol–water partition coefficient (Wildman–Crippen LogP) is 0.274. The van der Waals surface area contributed by atoms with Crippen molar-refractivity contribution in [3.05, 3.63) is 29.8 Å². The van der Waals surface area contributed by atoms with E-state index in [1.54, 1.807) is 0 Å². The number of hydrogen-bond acceptors (Lipinski definition) is 6. The van der Waals surface area contributed by atoms with Crippen LogP contribution in [0.5, 0.6) is 0 Å². The molecule has 3 saturated heterocycles. The fraction of sp³-hybridized carbons (Fsp3) is 0.471. The van der Waals surface area contributed by atoms with Crippen molar-refractivity contribution in [2.24, 2.45) is 0 Å². The summed E-state index contributed by atoms with van der Waals surface area (Å²) < 4.78 is 31.2. The third kappa shape index (κ3) is 3.08. The highest BCUT2D eigenvalue weighted by atomic mass is 32.2. The molecular weight excluding hydrogens is 374 g/mol. The molecule has 0 radical (unpaired) electrons. The van der Waals surface area contributed by atoms with Crippen molar-refractivity contribution in [2.45, 2.75) is 23.8 Å². The topological polar surface area (TPSA) is 104 Å². The fourth-order valence-corrected chi connectivity index (χ4v) is 5.05. The van der Waals surface area contributed by atoms with Crippen molar-refractivity contribution in [3.63, 3.8) is 0 Å². The standard InChI is InChI=1S/C17H19N3O6S/c21-15-11-26-17(23)20(15)13-9-18(10-13)16(22)12-3-5-14(6-4-12)27(24,25)19-7-1-2-8-19/h3-6,13H,1-2,7-11H2. The van der Waals surface area contributed by atoms with Gasteiger partial charge < -0.3 is 9.64 Å². The van der Waals surface area contributed by atoms with E-state index < -0.39 is 22.0 Å². The molecule has 1 aromatic carbocycles. The highest BCUT2D eigenvalue weighted by Gasteiger charge is 2.44. The molecule has 0 atom stereocenters. The second-order valence-electron chi connectivity index (χ2n) is 6.82. The minimum absolute atomic E-state index is 0.174. The number of ether oxygens (including phenoxy) is 1. The third-order valence-corrected chi connectivity index (χ3v) is 7.02. The number of hydrogen-bond donors (Lipinski definition) is 0. The Bertz CT molecular complexity index is 870. The van der Waals surface area contributed by atoms with Crippen LogP contribution in [0.15, 0.2) is 29.2 Å². The van der Waals surface area contributed by atoms with Gasteiger partial charge >= 0.3 is 6.09 Å². The molecule has 0 saturated carbocycles. The molecule has 9 nitrogen and oxygen atoms in total. The summed E-state index contributed by atoms with van der Waals surface area (Å²) >= 11 is 0. The lowest BCUT2D eigenvalue weighted by Gasteiger charge is -2.41. The molecule has 1 aromatic rings. The molecule has 0 bridgehead atoms. The van der Waals surface area contributed by atoms with E-state index in [1.807, 2.05) is 0 Å². The van der Waals surface area contributed by atoms with Crippen LogP contribution >= 0.6 is 0 Å². The maximum atomic E-state index is 12.5. The van der Waals surface area contributed by atoms with Crippen LogP contribution < -0.4 is 0 Å². The molecule has 0 N–H and O–H groups in total. The zero-order valence-corrected chi connectivity index (χ0v) is 15.4. The van der Waals surface area contributed by atoms with Gasteiger partial charge in [0.2, 0.25) is 10.0 Å². The average molecular weight is 393 g/mol. The first kappa shape index (κ1) is 17.9. The quantitative estimate of drug-likeness (QED) is 0.728. The third-order valence-electron chi connectivity index (χ3n) is 5.10. The Morgan fingerprint density at radius 2 is 1.67 bits per heavy atom. The summed E-state index contributed by atoms with van der Waals surface area (Å²) in [5.74, 6) is -0.662. The summed E-state index contributed by atoms with van der Waals surface area (Å²) in [5.41, 5.74) is 0.365. The molecule has 0 aromatic heterocycles. The van der Waals surface area contributed by atoms with E-state index in [4.69, 9.17) is 0 Å². The van der Waals surface area contributed by atoms with E-state index in [-0.39, 0.29) is 36.5 Å². The first-order chi connectivity index (χ1) is 12.9. The molecule has 3 heterocycles. The number of imide groups is 1. The van der Waals surface area contributed by atoms with Crippen LogP contribution in [0.2, 0.25) is 0 Å². The molecule has 3 aliphatic heterocycles. The van der Waals surface area contributed by atoms with Gasteiger partial charge in [-0.15, -0.1) is 0 Å². The van der Waals surface area contributed by atoms with Crippen molar-refractivity contribution in [3.8, 4) is 0 Å². The van der Waals surface area contributed by atoms with Gasteiger partial charge in [0.1, 0.15) is 0 Å². The number of carbonyl (C=O) groups is 3. The Morgan fingerprint density at radius 1 is 1.04 bits per heavy atom. The summed E-state index contributed by atoms with van der Waals surface area (Å²) in [4.78, 5) is 38.4. The molecular formula is C17H19N3O6S. The minimum Gasteiger partial charge on any atom is -0.439 e. The van der Waals surface area contributed by atoms with Crippen LogP contribution in [0.25, 0.3) is 0 Å². The zero-order chi connectivity index (χ0) is 19.2. The molecule has 10 heteroatoms. The van der Waals surface area contributed by atoms with E-state index in [2.05, 4.69) is 4.74 Å². The van der Waals surface area contributed by atoms with Crippen LogP contribution in [0.4, 0.5) is 4.79 Å². The van der Waals surface area contributed by atoms with Crippen LogP contribution in [-0.4, -0.2) is 79.3 Å². The highest BCUT2D eigenvalue weighted by Crippen LogP contribution is 2.24. The summed E-state index contributed by atoms with van der Waals surface area (Å²) in [6, 6.07) is 5.51. The summed E-state index contributed by atoms with van der Waals surface area (Å²) in [7, 11) is -3.51. The molecule has 4 rings (SSSR count). The Balaban J connectivity index is 1.40. The minimum atomic E-state index is -3.51. The van der Waals surface area contributed by atoms with Crippen molar-refractivity contribution in [1.29, 1.82) is 0 Å². The second-order valence-corrected chi connectivity index (χ2v) is 8.76. The highest BCUT2D eigenvalue weighted by molar-refractivity contribution is 7.89. The maximum absolute atomic E-state index is 12.5. The Morgan fingerprint density at radius 3 is 2.22 bits per heavy atom. The lowest BCUT2D eigenvalue weighted by atomic mass is 10.1. The number of cyclic esters (lactones) is 1. The Hall–Kier alpha value is -2.46. The van der Waals surface area contributed by atoms with Crippen molar-refractivity contribution >= 4 is 27.9 Å². The van der Waals surface area contributed by atoms with Gasteiger partial charge in [-0.05, 0) is 37.1 Å². The Kier molecular flexibility index (Phi) is 4.39. The summed E-state index contributed by atoms with van der Waals surface area (Å²) in [5, 5.41) is 0. The van der Waals surface area contributed by atoms with Crippen LogP contribution in [0, 0.1) is 0 Å². The number of likely N-dealkylation sites (tertiary alicyclic amines) is 1. The van der Waals surface area contributed by atoms with Gasteiger partial charge in [-0.25, -0.2) is 18.1 Å². The lowest BCUT2D eigenvalue weighted by Crippen LogP contribution is -2.62. The monoisotopic (exact) mass is 393 g/mol. The van der Waals surface area contributed by atoms with Crippen molar-refractivity contribution in [1.82, 2.24) is 14.1 Å². The Labute approximate surface area is 156 Å². The molecule has 0 aliphatic carbocycles. The van der Waals surface area contributed by atoms with Gasteiger partial charge in [0.15, 0.2) is 6.61 Å². The van der Waals surface area contributed by atoms with Gasteiger partial charge in [0.05, 0.1) is 10.9 Å². The number of nitrogens with zero attached hydrogens (tertiary/aromatic N) is 3. The van der Waals surface area contributed by atoms with Gasteiger partial charge in [0.25, 0.3) is 11.8 Å². The van der Waals surface area contributed by atoms with Gasteiger partial charge in [-0.3, -0.25) is 9.59 Å². The SMILES string of the molecule is O=C(c1ccc(S(=O)(=O)N2CCCC2)cc1)N1CC(N2C(=O)COC2=O)C1. The van der Waals surface area contributed by atoms with E-state index in [0.717, 1.165) is 17.7 Å². The summed E-state index contributed by atoms with van der Waals surface area (Å²) in [6.07, 6.45) is 1.05.